The first kappa shape index (κ1) is 24.3. The van der Waals surface area contributed by atoms with Gasteiger partial charge in [0, 0.05) is 5.56 Å². The summed E-state index contributed by atoms with van der Waals surface area (Å²) in [5.74, 6) is 0.469. The van der Waals surface area contributed by atoms with E-state index < -0.39 is 5.91 Å². The molecule has 2 aliphatic heterocycles. The van der Waals surface area contributed by atoms with Crippen LogP contribution < -0.4 is 9.47 Å². The van der Waals surface area contributed by atoms with Crippen LogP contribution in [-0.4, -0.2) is 33.6 Å². The lowest BCUT2D eigenvalue weighted by molar-refractivity contribution is -0.114. The van der Waals surface area contributed by atoms with Crippen LogP contribution in [0.5, 0.6) is 11.5 Å². The van der Waals surface area contributed by atoms with Gasteiger partial charge in [-0.3, -0.25) is 10.2 Å². The normalized spacial score (nSPS) is 16.2. The molecular weight excluding hydrogens is 598 g/mol. The summed E-state index contributed by atoms with van der Waals surface area (Å²) in [5, 5.41) is 15.1. The molecule has 0 radical (unpaired) electrons. The molecule has 0 unspecified atom stereocenters. The minimum absolute atomic E-state index is 0.0342. The predicted octanol–water partition coefficient (Wildman–Crippen LogP) is 5.67. The fourth-order valence-electron chi connectivity index (χ4n) is 3.50. The molecule has 2 aliphatic rings. The second kappa shape index (κ2) is 10.3. The molecule has 3 aromatic rings. The first-order valence-corrected chi connectivity index (χ1v) is 12.7. The molecule has 1 amide bonds. The number of hydrogen-bond donors (Lipinski definition) is 1. The quantitative estimate of drug-likeness (QED) is 0.272. The Hall–Kier alpha value is -3.45. The molecule has 2 aromatic carbocycles. The first-order chi connectivity index (χ1) is 17.4. The third-order valence-corrected chi connectivity index (χ3v) is 6.88. The number of amides is 1. The van der Waals surface area contributed by atoms with E-state index in [1.165, 1.54) is 29.1 Å². The number of benzene rings is 2. The van der Waals surface area contributed by atoms with Crippen LogP contribution in [0.2, 0.25) is 0 Å². The molecule has 5 rings (SSSR count). The van der Waals surface area contributed by atoms with Crippen LogP contribution in [0.4, 0.5) is 4.39 Å². The Kier molecular flexibility index (Phi) is 6.92. The van der Waals surface area contributed by atoms with Crippen LogP contribution >= 0.6 is 34.4 Å². The van der Waals surface area contributed by atoms with Crippen molar-refractivity contribution < 1.29 is 23.1 Å². The summed E-state index contributed by atoms with van der Waals surface area (Å²) in [7, 11) is 0. The molecule has 182 valence electrons. The van der Waals surface area contributed by atoms with Gasteiger partial charge in [0.05, 0.1) is 22.0 Å². The molecular formula is C25H18FIN4O4S. The van der Waals surface area contributed by atoms with Crippen molar-refractivity contribution in [2.24, 2.45) is 10.1 Å². The molecule has 36 heavy (non-hydrogen) atoms. The Labute approximate surface area is 223 Å². The number of furan rings is 1. The smallest absolute Gasteiger partial charge is 0.283 e. The van der Waals surface area contributed by atoms with Crippen LogP contribution in [0.25, 0.3) is 6.08 Å². The Balaban J connectivity index is 1.44. The number of halogens is 2. The maximum Gasteiger partial charge on any atom is 0.283 e. The Morgan fingerprint density at radius 1 is 1.22 bits per heavy atom. The number of aliphatic imine (C=N–C) groups is 1. The topological polar surface area (TPSA) is 100 Å². The van der Waals surface area contributed by atoms with Crippen molar-refractivity contribution >= 4 is 62.4 Å². The lowest BCUT2D eigenvalue weighted by atomic mass is 10.1. The highest BCUT2D eigenvalue weighted by atomic mass is 127. The van der Waals surface area contributed by atoms with Crippen LogP contribution in [0, 0.1) is 14.8 Å². The van der Waals surface area contributed by atoms with Crippen LogP contribution in [0.15, 0.2) is 74.9 Å². The van der Waals surface area contributed by atoms with E-state index in [-0.39, 0.29) is 23.8 Å². The van der Waals surface area contributed by atoms with E-state index in [1.54, 1.807) is 48.5 Å². The summed E-state index contributed by atoms with van der Waals surface area (Å²) in [4.78, 5) is 16.9. The first-order valence-electron chi connectivity index (χ1n) is 10.8. The number of ether oxygens (including phenoxy) is 2. The van der Waals surface area contributed by atoms with Gasteiger partial charge in [-0.05, 0) is 83.2 Å². The molecule has 1 N–H and O–H groups in total. The van der Waals surface area contributed by atoms with Crippen molar-refractivity contribution in [3.8, 4) is 11.5 Å². The fraction of sp³-hybridized carbons (Fsp3) is 0.120. The molecule has 0 spiro atoms. The number of carbonyl (C=O) groups is 1. The van der Waals surface area contributed by atoms with Gasteiger partial charge in [-0.25, -0.2) is 4.39 Å². The average molecular weight is 616 g/mol. The molecule has 0 saturated heterocycles. The van der Waals surface area contributed by atoms with Crippen LogP contribution in [0.3, 0.4) is 0 Å². The summed E-state index contributed by atoms with van der Waals surface area (Å²) in [5.41, 5.74) is 1.13. The van der Waals surface area contributed by atoms with E-state index in [9.17, 15) is 9.18 Å². The van der Waals surface area contributed by atoms with Gasteiger partial charge in [-0.2, -0.15) is 15.1 Å². The zero-order chi connectivity index (χ0) is 25.2. The van der Waals surface area contributed by atoms with Gasteiger partial charge in [0.1, 0.15) is 12.4 Å². The number of thioether (sulfide) groups is 1. The fourth-order valence-corrected chi connectivity index (χ4v) is 5.14. The number of nitrogens with zero attached hydrogens (tertiary/aromatic N) is 3. The van der Waals surface area contributed by atoms with Gasteiger partial charge in [-0.1, -0.05) is 18.2 Å². The maximum absolute atomic E-state index is 14.0. The molecule has 0 bridgehead atoms. The second-order valence-electron chi connectivity index (χ2n) is 7.55. The Morgan fingerprint density at radius 3 is 2.81 bits per heavy atom. The highest BCUT2D eigenvalue weighted by Gasteiger charge is 2.36. The van der Waals surface area contributed by atoms with Gasteiger partial charge >= 0.3 is 0 Å². The number of carbonyl (C=O) groups excluding carboxylic acids is 1. The minimum Gasteiger partial charge on any atom is -0.490 e. The number of hydrogen-bond acceptors (Lipinski definition) is 7. The SMILES string of the molecule is CCOc1cc(/C=C2/C(=N)N3N=C(c4ccco4)SC3=NC2=O)cc(I)c1OCc1ccccc1F. The Bertz CT molecular complexity index is 1450. The molecule has 1 aromatic heterocycles. The largest absolute Gasteiger partial charge is 0.490 e. The van der Waals surface area contributed by atoms with Crippen molar-refractivity contribution in [2.45, 2.75) is 13.5 Å². The standard InChI is InChI=1S/C25H18FIN4O4S/c1-2-33-20-12-14(11-18(27)21(20)35-13-15-6-3-4-7-17(15)26)10-16-22(28)31-25(29-23(16)32)36-24(30-31)19-8-5-9-34-19/h3-12,28H,2,13H2,1H3/b16-10-,28-22?. The van der Waals surface area contributed by atoms with E-state index in [0.29, 0.717) is 48.8 Å². The molecule has 0 fully saturated rings. The number of fused-ring (bicyclic) bond motifs is 1. The van der Waals surface area contributed by atoms with Crippen LogP contribution in [0.1, 0.15) is 23.8 Å². The van der Waals surface area contributed by atoms with Crippen molar-refractivity contribution in [1.82, 2.24) is 5.01 Å². The molecule has 3 heterocycles. The summed E-state index contributed by atoms with van der Waals surface area (Å²) in [6, 6.07) is 13.4. The monoisotopic (exact) mass is 616 g/mol. The third kappa shape index (κ3) is 4.80. The average Bonchev–Trinajstić information content (AvgIpc) is 3.53. The molecule has 0 aliphatic carbocycles. The van der Waals surface area contributed by atoms with E-state index in [4.69, 9.17) is 19.3 Å². The summed E-state index contributed by atoms with van der Waals surface area (Å²) in [6.07, 6.45) is 3.10. The van der Waals surface area contributed by atoms with Gasteiger partial charge in [-0.15, -0.1) is 0 Å². The maximum atomic E-state index is 14.0. The summed E-state index contributed by atoms with van der Waals surface area (Å²) in [6.45, 7) is 2.26. The van der Waals surface area contributed by atoms with E-state index >= 15 is 0 Å². The van der Waals surface area contributed by atoms with E-state index in [0.717, 1.165) is 0 Å². The van der Waals surface area contributed by atoms with Crippen molar-refractivity contribution in [1.29, 1.82) is 5.41 Å². The second-order valence-corrected chi connectivity index (χ2v) is 9.66. The van der Waals surface area contributed by atoms with Gasteiger partial charge in [0.2, 0.25) is 5.17 Å². The van der Waals surface area contributed by atoms with Crippen LogP contribution in [-0.2, 0) is 11.4 Å². The lowest BCUT2D eigenvalue weighted by Crippen LogP contribution is -2.35. The number of nitrogens with one attached hydrogen (secondary N) is 1. The summed E-state index contributed by atoms with van der Waals surface area (Å²) < 4.78 is 31.8. The van der Waals surface area contributed by atoms with E-state index in [2.05, 4.69) is 32.7 Å². The zero-order valence-corrected chi connectivity index (χ0v) is 21.8. The third-order valence-electron chi connectivity index (χ3n) is 5.16. The minimum atomic E-state index is -0.539. The van der Waals surface area contributed by atoms with Crippen molar-refractivity contribution in [3.05, 3.63) is 86.6 Å². The Morgan fingerprint density at radius 2 is 2.06 bits per heavy atom. The van der Waals surface area contributed by atoms with E-state index in [1.807, 2.05) is 6.92 Å². The molecule has 8 nitrogen and oxygen atoms in total. The van der Waals surface area contributed by atoms with Gasteiger partial charge in [0.25, 0.3) is 5.91 Å². The lowest BCUT2D eigenvalue weighted by Gasteiger charge is -2.20. The number of amidine groups is 2. The molecule has 0 saturated carbocycles. The highest BCUT2D eigenvalue weighted by Crippen LogP contribution is 2.37. The zero-order valence-electron chi connectivity index (χ0n) is 18.8. The highest BCUT2D eigenvalue weighted by molar-refractivity contribution is 14.1. The predicted molar refractivity (Wildman–Crippen MR) is 144 cm³/mol. The van der Waals surface area contributed by atoms with Gasteiger partial charge in [0.15, 0.2) is 28.1 Å². The van der Waals surface area contributed by atoms with Crippen molar-refractivity contribution in [3.63, 3.8) is 0 Å². The van der Waals surface area contributed by atoms with Gasteiger partial charge < -0.3 is 13.9 Å². The van der Waals surface area contributed by atoms with Crippen molar-refractivity contribution in [2.75, 3.05) is 6.61 Å². The number of hydrazone groups is 1. The molecule has 0 atom stereocenters. The number of rotatable bonds is 7. The molecule has 11 heteroatoms. The summed E-state index contributed by atoms with van der Waals surface area (Å²) >= 11 is 3.27.